The second-order valence-corrected chi connectivity index (χ2v) is 4.14. The van der Waals surface area contributed by atoms with Gasteiger partial charge in [-0.2, -0.15) is 5.26 Å². The molecular formula is C10H7ClINO2. The van der Waals surface area contributed by atoms with Crippen LogP contribution in [0.15, 0.2) is 12.1 Å². The fraction of sp³-hybridized carbons (Fsp3) is 0.200. The number of ether oxygens (including phenoxy) is 1. The van der Waals surface area contributed by atoms with Crippen molar-refractivity contribution < 1.29 is 9.53 Å². The van der Waals surface area contributed by atoms with Gasteiger partial charge in [-0.05, 0) is 34.7 Å². The van der Waals surface area contributed by atoms with E-state index in [9.17, 15) is 4.79 Å². The summed E-state index contributed by atoms with van der Waals surface area (Å²) in [5.41, 5.74) is 0.782. The molecule has 0 amide bonds. The van der Waals surface area contributed by atoms with E-state index in [2.05, 4.69) is 0 Å². The number of hydrogen-bond donors (Lipinski definition) is 0. The van der Waals surface area contributed by atoms with E-state index in [-0.39, 0.29) is 11.7 Å². The second-order valence-electron chi connectivity index (χ2n) is 2.71. The second kappa shape index (κ2) is 5.33. The fourth-order valence-corrected chi connectivity index (χ4v) is 2.12. The summed E-state index contributed by atoms with van der Waals surface area (Å²) in [5, 5.41) is 8.88. The highest BCUT2D eigenvalue weighted by molar-refractivity contribution is 14.1. The summed E-state index contributed by atoms with van der Waals surface area (Å²) in [7, 11) is 1.49. The molecule has 1 aromatic rings. The van der Waals surface area contributed by atoms with Gasteiger partial charge in [-0.15, -0.1) is 11.6 Å². The molecule has 0 unspecified atom stereocenters. The smallest absolute Gasteiger partial charge is 0.177 e. The van der Waals surface area contributed by atoms with Crippen molar-refractivity contribution in [2.45, 2.75) is 0 Å². The molecule has 0 N–H and O–H groups in total. The summed E-state index contributed by atoms with van der Waals surface area (Å²) in [6.45, 7) is 0. The highest BCUT2D eigenvalue weighted by atomic mass is 127. The van der Waals surface area contributed by atoms with Crippen molar-refractivity contribution in [2.24, 2.45) is 0 Å². The van der Waals surface area contributed by atoms with Gasteiger partial charge >= 0.3 is 0 Å². The number of nitriles is 1. The van der Waals surface area contributed by atoms with Crippen molar-refractivity contribution in [3.63, 3.8) is 0 Å². The molecule has 5 heteroatoms. The Morgan fingerprint density at radius 1 is 1.67 bits per heavy atom. The van der Waals surface area contributed by atoms with Gasteiger partial charge in [-0.3, -0.25) is 4.79 Å². The predicted octanol–water partition coefficient (Wildman–Crippen LogP) is 2.59. The highest BCUT2D eigenvalue weighted by Gasteiger charge is 2.13. The molecule has 1 rings (SSSR count). The molecule has 0 spiro atoms. The van der Waals surface area contributed by atoms with E-state index in [1.165, 1.54) is 13.2 Å². The van der Waals surface area contributed by atoms with Crippen LogP contribution in [0.2, 0.25) is 0 Å². The first-order valence-electron chi connectivity index (χ1n) is 4.00. The van der Waals surface area contributed by atoms with Crippen molar-refractivity contribution in [3.05, 3.63) is 26.8 Å². The normalized spacial score (nSPS) is 9.47. The van der Waals surface area contributed by atoms with Gasteiger partial charge in [-0.1, -0.05) is 0 Å². The molecule has 78 valence electrons. The van der Waals surface area contributed by atoms with Crippen LogP contribution in [0.1, 0.15) is 15.9 Å². The standard InChI is InChI=1S/C10H7ClINO2/c1-15-10-7(5-13)2-6(3-8(10)12)9(14)4-11/h2-3H,4H2,1H3. The summed E-state index contributed by atoms with van der Waals surface area (Å²) in [6.07, 6.45) is 0. The van der Waals surface area contributed by atoms with Gasteiger partial charge in [0.05, 0.1) is 22.1 Å². The molecule has 0 saturated heterocycles. The zero-order valence-electron chi connectivity index (χ0n) is 7.88. The zero-order chi connectivity index (χ0) is 11.4. The van der Waals surface area contributed by atoms with Crippen LogP contribution in [0.5, 0.6) is 5.75 Å². The number of halogens is 2. The lowest BCUT2D eigenvalue weighted by Crippen LogP contribution is -2.03. The zero-order valence-corrected chi connectivity index (χ0v) is 10.8. The Labute approximate surface area is 106 Å². The van der Waals surface area contributed by atoms with Gasteiger partial charge in [0, 0.05) is 5.56 Å². The first-order chi connectivity index (χ1) is 7.13. The first kappa shape index (κ1) is 12.3. The average Bonchev–Trinajstić information content (AvgIpc) is 2.26. The summed E-state index contributed by atoms with van der Waals surface area (Å²) in [4.78, 5) is 11.3. The molecular weight excluding hydrogens is 328 g/mol. The van der Waals surface area contributed by atoms with Crippen LogP contribution in [-0.2, 0) is 0 Å². The molecule has 3 nitrogen and oxygen atoms in total. The Kier molecular flexibility index (Phi) is 4.36. The van der Waals surface area contributed by atoms with Crippen LogP contribution >= 0.6 is 34.2 Å². The van der Waals surface area contributed by atoms with Gasteiger partial charge in [0.15, 0.2) is 5.78 Å². The highest BCUT2D eigenvalue weighted by Crippen LogP contribution is 2.26. The topological polar surface area (TPSA) is 50.1 Å². The maximum absolute atomic E-state index is 11.3. The summed E-state index contributed by atoms with van der Waals surface area (Å²) >= 11 is 7.46. The average molecular weight is 336 g/mol. The van der Waals surface area contributed by atoms with E-state index >= 15 is 0 Å². The van der Waals surface area contributed by atoms with Crippen LogP contribution in [0.3, 0.4) is 0 Å². The number of alkyl halides is 1. The van der Waals surface area contributed by atoms with Crippen LogP contribution < -0.4 is 4.74 Å². The number of benzene rings is 1. The number of carbonyl (C=O) groups excluding carboxylic acids is 1. The molecule has 1 aromatic carbocycles. The van der Waals surface area contributed by atoms with Gasteiger partial charge in [-0.25, -0.2) is 0 Å². The minimum Gasteiger partial charge on any atom is -0.494 e. The van der Waals surface area contributed by atoms with Gasteiger partial charge in [0.2, 0.25) is 0 Å². The molecule has 0 aliphatic heterocycles. The number of nitrogens with zero attached hydrogens (tertiary/aromatic N) is 1. The number of carbonyl (C=O) groups is 1. The van der Waals surface area contributed by atoms with Gasteiger partial charge in [0.1, 0.15) is 11.8 Å². The van der Waals surface area contributed by atoms with E-state index in [0.717, 1.165) is 3.57 Å². The lowest BCUT2D eigenvalue weighted by Gasteiger charge is -2.07. The summed E-state index contributed by atoms with van der Waals surface area (Å²) in [6, 6.07) is 5.13. The van der Waals surface area contributed by atoms with Gasteiger partial charge < -0.3 is 4.74 Å². The maximum Gasteiger partial charge on any atom is 0.177 e. The number of rotatable bonds is 3. The molecule has 0 saturated carbocycles. The molecule has 0 bridgehead atoms. The molecule has 0 radical (unpaired) electrons. The van der Waals surface area contributed by atoms with Crippen molar-refractivity contribution >= 4 is 40.0 Å². The molecule has 0 fully saturated rings. The van der Waals surface area contributed by atoms with Crippen LogP contribution in [-0.4, -0.2) is 18.8 Å². The number of Topliss-reactive ketones (excluding diaryl/α,β-unsaturated/α-hetero) is 1. The van der Waals surface area contributed by atoms with E-state index in [1.807, 2.05) is 28.7 Å². The SMILES string of the molecule is COc1c(I)cc(C(=O)CCl)cc1C#N. The molecule has 0 aliphatic rings. The Bertz CT molecular complexity index is 440. The predicted molar refractivity (Wildman–Crippen MR) is 65.5 cm³/mol. The lowest BCUT2D eigenvalue weighted by atomic mass is 10.1. The van der Waals surface area contributed by atoms with E-state index in [0.29, 0.717) is 16.9 Å². The number of ketones is 1. The third-order valence-corrected chi connectivity index (χ3v) is 2.86. The summed E-state index contributed by atoms with van der Waals surface area (Å²) < 4.78 is 5.79. The quantitative estimate of drug-likeness (QED) is 0.485. The van der Waals surface area contributed by atoms with E-state index in [1.54, 1.807) is 6.07 Å². The van der Waals surface area contributed by atoms with Crippen LogP contribution in [0, 0.1) is 14.9 Å². The third-order valence-electron chi connectivity index (χ3n) is 1.81. The van der Waals surface area contributed by atoms with Gasteiger partial charge in [0.25, 0.3) is 0 Å². The van der Waals surface area contributed by atoms with Crippen molar-refractivity contribution in [3.8, 4) is 11.8 Å². The van der Waals surface area contributed by atoms with Crippen molar-refractivity contribution in [2.75, 3.05) is 13.0 Å². The molecule has 0 heterocycles. The fourth-order valence-electron chi connectivity index (χ4n) is 1.12. The Balaban J connectivity index is 3.33. The largest absolute Gasteiger partial charge is 0.494 e. The lowest BCUT2D eigenvalue weighted by molar-refractivity contribution is 0.102. The third kappa shape index (κ3) is 2.61. The Morgan fingerprint density at radius 3 is 2.80 bits per heavy atom. The Morgan fingerprint density at radius 2 is 2.33 bits per heavy atom. The molecule has 15 heavy (non-hydrogen) atoms. The minimum atomic E-state index is -0.200. The van der Waals surface area contributed by atoms with Crippen molar-refractivity contribution in [1.29, 1.82) is 5.26 Å². The number of methoxy groups -OCH3 is 1. The van der Waals surface area contributed by atoms with Crippen molar-refractivity contribution in [1.82, 2.24) is 0 Å². The Hall–Kier alpha value is -0.800. The summed E-state index contributed by atoms with van der Waals surface area (Å²) in [5.74, 6) is 0.200. The van der Waals surface area contributed by atoms with Crippen LogP contribution in [0.4, 0.5) is 0 Å². The van der Waals surface area contributed by atoms with Crippen LogP contribution in [0.25, 0.3) is 0 Å². The molecule has 0 aliphatic carbocycles. The minimum absolute atomic E-state index is 0.0900. The molecule has 0 atom stereocenters. The first-order valence-corrected chi connectivity index (χ1v) is 5.62. The maximum atomic E-state index is 11.3. The monoisotopic (exact) mass is 335 g/mol. The number of hydrogen-bond acceptors (Lipinski definition) is 3. The van der Waals surface area contributed by atoms with E-state index < -0.39 is 0 Å². The molecule has 0 aromatic heterocycles. The van der Waals surface area contributed by atoms with E-state index in [4.69, 9.17) is 21.6 Å².